The van der Waals surface area contributed by atoms with E-state index in [-0.39, 0.29) is 12.4 Å². The van der Waals surface area contributed by atoms with Crippen LogP contribution in [0, 0.1) is 0 Å². The van der Waals surface area contributed by atoms with Gasteiger partial charge >= 0.3 is 13.8 Å². The van der Waals surface area contributed by atoms with Gasteiger partial charge in [-0.2, -0.15) is 0 Å². The minimum absolute atomic E-state index is 0.286. The van der Waals surface area contributed by atoms with Crippen LogP contribution in [0.2, 0.25) is 0 Å². The number of allylic oxidation sites excluding steroid dienone is 3. The van der Waals surface area contributed by atoms with E-state index in [4.69, 9.17) is 9.79 Å². The van der Waals surface area contributed by atoms with Crippen LogP contribution >= 0.6 is 7.82 Å². The van der Waals surface area contributed by atoms with Gasteiger partial charge in [0.2, 0.25) is 0 Å². The Kier molecular flexibility index (Phi) is 9.70. The van der Waals surface area contributed by atoms with E-state index in [9.17, 15) is 14.5 Å². The third-order valence-corrected chi connectivity index (χ3v) is 3.98. The fourth-order valence-electron chi connectivity index (χ4n) is 2.04. The summed E-state index contributed by atoms with van der Waals surface area (Å²) in [6.45, 7) is 6.65. The summed E-state index contributed by atoms with van der Waals surface area (Å²) >= 11 is 0. The van der Waals surface area contributed by atoms with Gasteiger partial charge in [-0.1, -0.05) is 17.2 Å². The van der Waals surface area contributed by atoms with Crippen LogP contribution in [0.25, 0.3) is 0 Å². The molecule has 0 unspecified atom stereocenters. The molecule has 140 valence electrons. The first-order valence-electron chi connectivity index (χ1n) is 7.72. The number of methoxy groups -OCH3 is 1. The Bertz CT molecular complexity index is 511. The predicted octanol–water partition coefficient (Wildman–Crippen LogP) is 2.86. The first-order chi connectivity index (χ1) is 10.8. The lowest BCUT2D eigenvalue weighted by atomic mass is 9.95. The zero-order valence-corrected chi connectivity index (χ0v) is 15.9. The van der Waals surface area contributed by atoms with Crippen molar-refractivity contribution in [2.24, 2.45) is 0 Å². The number of rotatable bonds is 10. The summed E-state index contributed by atoms with van der Waals surface area (Å²) in [7, 11) is -3.33. The first-order valence-corrected chi connectivity index (χ1v) is 9.25. The van der Waals surface area contributed by atoms with Crippen LogP contribution < -0.4 is 0 Å². The van der Waals surface area contributed by atoms with Crippen molar-refractivity contribution in [1.29, 1.82) is 0 Å². The van der Waals surface area contributed by atoms with Crippen molar-refractivity contribution < 1.29 is 33.5 Å². The van der Waals surface area contributed by atoms with Crippen LogP contribution in [0.15, 0.2) is 23.3 Å². The highest BCUT2D eigenvalue weighted by Crippen LogP contribution is 2.41. The second-order valence-corrected chi connectivity index (χ2v) is 7.57. The molecule has 1 atom stereocenters. The van der Waals surface area contributed by atoms with E-state index in [1.165, 1.54) is 27.0 Å². The van der Waals surface area contributed by atoms with Gasteiger partial charge in [-0.15, -0.1) is 0 Å². The molecule has 0 aromatic heterocycles. The van der Waals surface area contributed by atoms with Crippen LogP contribution in [0.3, 0.4) is 0 Å². The zero-order chi connectivity index (χ0) is 19.0. The lowest BCUT2D eigenvalue weighted by Gasteiger charge is -2.29. The zero-order valence-electron chi connectivity index (χ0n) is 15.0. The van der Waals surface area contributed by atoms with Crippen molar-refractivity contribution >= 4 is 13.8 Å². The molecule has 0 aliphatic carbocycles. The SMILES string of the molecule is COC(=O)/C=C(\C)CC/C=C(\C)CC[C@H](OP(=O)(O)O)C(C)(C)O. The fourth-order valence-corrected chi connectivity index (χ4v) is 2.73. The minimum atomic E-state index is -4.66. The smallest absolute Gasteiger partial charge is 0.466 e. The number of hydrogen-bond donors (Lipinski definition) is 3. The molecule has 7 nitrogen and oxygen atoms in total. The van der Waals surface area contributed by atoms with Gasteiger partial charge in [0.15, 0.2) is 0 Å². The molecule has 0 saturated carbocycles. The number of carbonyl (C=O) groups is 1. The van der Waals surface area contributed by atoms with E-state index in [0.29, 0.717) is 12.8 Å². The highest BCUT2D eigenvalue weighted by atomic mass is 31.2. The summed E-state index contributed by atoms with van der Waals surface area (Å²) in [4.78, 5) is 29.0. The molecule has 0 heterocycles. The molecule has 0 saturated heterocycles. The molecule has 0 aliphatic rings. The maximum atomic E-state index is 11.1. The second kappa shape index (κ2) is 10.1. The van der Waals surface area contributed by atoms with Crippen molar-refractivity contribution in [2.45, 2.75) is 65.1 Å². The summed E-state index contributed by atoms with van der Waals surface area (Å²) in [5, 5.41) is 9.97. The van der Waals surface area contributed by atoms with E-state index < -0.39 is 19.5 Å². The Labute approximate surface area is 143 Å². The highest BCUT2D eigenvalue weighted by molar-refractivity contribution is 7.46. The van der Waals surface area contributed by atoms with Crippen LogP contribution in [-0.2, 0) is 18.6 Å². The Hall–Kier alpha value is -0.980. The molecule has 0 aromatic rings. The molecule has 0 aromatic carbocycles. The topological polar surface area (TPSA) is 113 Å². The van der Waals surface area contributed by atoms with Gasteiger partial charge in [0.25, 0.3) is 0 Å². The number of ether oxygens (including phenoxy) is 1. The quantitative estimate of drug-likeness (QED) is 0.236. The van der Waals surface area contributed by atoms with Gasteiger partial charge in [-0.3, -0.25) is 4.52 Å². The number of phosphoric acid groups is 1. The van der Waals surface area contributed by atoms with Crippen LogP contribution in [0.1, 0.15) is 53.4 Å². The minimum Gasteiger partial charge on any atom is -0.466 e. The summed E-state index contributed by atoms with van der Waals surface area (Å²) < 4.78 is 20.2. The average molecular weight is 364 g/mol. The third-order valence-electron chi connectivity index (χ3n) is 3.45. The third kappa shape index (κ3) is 11.5. The average Bonchev–Trinajstić information content (AvgIpc) is 2.40. The van der Waals surface area contributed by atoms with Gasteiger partial charge in [-0.25, -0.2) is 9.36 Å². The van der Waals surface area contributed by atoms with E-state index >= 15 is 0 Å². The summed E-state index contributed by atoms with van der Waals surface area (Å²) in [5.74, 6) is -0.379. The number of esters is 1. The molecule has 0 bridgehead atoms. The van der Waals surface area contributed by atoms with Crippen molar-refractivity contribution in [3.8, 4) is 0 Å². The number of carbonyl (C=O) groups excluding carboxylic acids is 1. The van der Waals surface area contributed by atoms with E-state index in [1.807, 2.05) is 19.9 Å². The summed E-state index contributed by atoms with van der Waals surface area (Å²) in [5.41, 5.74) is 0.566. The number of aliphatic hydroxyl groups is 1. The maximum absolute atomic E-state index is 11.1. The molecule has 0 fully saturated rings. The van der Waals surface area contributed by atoms with Crippen LogP contribution in [0.4, 0.5) is 0 Å². The molecular formula is C16H29O7P. The standard InChI is InChI=1S/C16H29O7P/c1-12(7-6-8-13(2)11-15(17)22-5)9-10-14(16(3,4)18)23-24(19,20)21/h7,11,14,18H,6,8-10H2,1-5H3,(H2,19,20,21)/b12-7+,13-11+/t14-/m0/s1. The Morgan fingerprint density at radius 2 is 1.79 bits per heavy atom. The largest absolute Gasteiger partial charge is 0.469 e. The Balaban J connectivity index is 4.52. The molecule has 0 rings (SSSR count). The van der Waals surface area contributed by atoms with Gasteiger partial charge in [0.1, 0.15) is 0 Å². The molecule has 8 heteroatoms. The molecule has 0 spiro atoms. The van der Waals surface area contributed by atoms with Crippen molar-refractivity contribution in [1.82, 2.24) is 0 Å². The summed E-state index contributed by atoms with van der Waals surface area (Å²) in [6.07, 6.45) is 4.73. The Morgan fingerprint density at radius 1 is 1.21 bits per heavy atom. The lowest BCUT2D eigenvalue weighted by molar-refractivity contribution is -0.134. The maximum Gasteiger partial charge on any atom is 0.469 e. The fraction of sp³-hybridized carbons (Fsp3) is 0.688. The van der Waals surface area contributed by atoms with Crippen molar-refractivity contribution in [2.75, 3.05) is 7.11 Å². The molecule has 3 N–H and O–H groups in total. The van der Waals surface area contributed by atoms with Gasteiger partial charge in [0, 0.05) is 6.08 Å². The molecule has 24 heavy (non-hydrogen) atoms. The second-order valence-electron chi connectivity index (χ2n) is 6.38. The molecule has 0 amide bonds. The van der Waals surface area contributed by atoms with Gasteiger partial charge in [0.05, 0.1) is 18.8 Å². The molecule has 0 radical (unpaired) electrons. The van der Waals surface area contributed by atoms with E-state index in [2.05, 4.69) is 9.26 Å². The number of hydrogen-bond acceptors (Lipinski definition) is 5. The summed E-state index contributed by atoms with van der Waals surface area (Å²) in [6, 6.07) is 0. The van der Waals surface area contributed by atoms with Crippen molar-refractivity contribution in [3.63, 3.8) is 0 Å². The normalized spacial score (nSPS) is 15.3. The Morgan fingerprint density at radius 3 is 2.25 bits per heavy atom. The first kappa shape index (κ1) is 23.0. The van der Waals surface area contributed by atoms with Gasteiger partial charge < -0.3 is 19.6 Å². The number of phosphoric ester groups is 1. The van der Waals surface area contributed by atoms with E-state index in [0.717, 1.165) is 17.6 Å². The van der Waals surface area contributed by atoms with Crippen molar-refractivity contribution in [3.05, 3.63) is 23.3 Å². The highest BCUT2D eigenvalue weighted by Gasteiger charge is 2.33. The van der Waals surface area contributed by atoms with Crippen LogP contribution in [-0.4, -0.2) is 39.7 Å². The molecule has 0 aliphatic heterocycles. The predicted molar refractivity (Wildman–Crippen MR) is 91.2 cm³/mol. The van der Waals surface area contributed by atoms with Gasteiger partial charge in [-0.05, 0) is 53.4 Å². The van der Waals surface area contributed by atoms with E-state index in [1.54, 1.807) is 0 Å². The van der Waals surface area contributed by atoms with Crippen LogP contribution in [0.5, 0.6) is 0 Å². The lowest BCUT2D eigenvalue weighted by Crippen LogP contribution is -2.37. The monoisotopic (exact) mass is 364 g/mol. The molecular weight excluding hydrogens is 335 g/mol.